The van der Waals surface area contributed by atoms with Crippen LogP contribution >= 0.6 is 15.9 Å². The first kappa shape index (κ1) is 14.1. The van der Waals surface area contributed by atoms with Gasteiger partial charge in [0.25, 0.3) is 0 Å². The molecule has 0 amide bonds. The van der Waals surface area contributed by atoms with Crippen LogP contribution in [0.25, 0.3) is 0 Å². The van der Waals surface area contributed by atoms with E-state index in [0.29, 0.717) is 36.7 Å². The second-order valence-corrected chi connectivity index (χ2v) is 5.76. The zero-order valence-electron chi connectivity index (χ0n) is 11.5. The maximum atomic E-state index is 12.4. The molecule has 3 rings (SSSR count). The number of benzene rings is 2. The Morgan fingerprint density at radius 3 is 2.62 bits per heavy atom. The van der Waals surface area contributed by atoms with E-state index in [1.54, 1.807) is 12.1 Å². The van der Waals surface area contributed by atoms with Crippen LogP contribution in [-0.4, -0.2) is 19.0 Å². The van der Waals surface area contributed by atoms with Gasteiger partial charge in [-0.05, 0) is 29.8 Å². The van der Waals surface area contributed by atoms with Crippen molar-refractivity contribution in [1.29, 1.82) is 0 Å². The maximum absolute atomic E-state index is 12.4. The standard InChI is InChI=1S/C17H15BrO3/c18-14-5-2-1-4-12(14)10-15(19)13-6-7-16-17(11-13)21-9-3-8-20-16/h1-2,4-7,11H,3,8-10H2. The highest BCUT2D eigenvalue weighted by Crippen LogP contribution is 2.31. The predicted molar refractivity (Wildman–Crippen MR) is 84.2 cm³/mol. The Balaban J connectivity index is 1.82. The lowest BCUT2D eigenvalue weighted by Crippen LogP contribution is -2.05. The molecular formula is C17H15BrO3. The molecule has 0 N–H and O–H groups in total. The Morgan fingerprint density at radius 1 is 1.05 bits per heavy atom. The number of Topliss-reactive ketones (excluding diaryl/α,β-unsaturated/α-hetero) is 1. The molecule has 0 saturated heterocycles. The summed E-state index contributed by atoms with van der Waals surface area (Å²) in [5.41, 5.74) is 1.63. The number of hydrogen-bond acceptors (Lipinski definition) is 3. The van der Waals surface area contributed by atoms with Crippen molar-refractivity contribution in [3.05, 3.63) is 58.1 Å². The monoisotopic (exact) mass is 346 g/mol. The fourth-order valence-electron chi connectivity index (χ4n) is 2.25. The average Bonchev–Trinajstić information content (AvgIpc) is 2.74. The van der Waals surface area contributed by atoms with Gasteiger partial charge in [-0.1, -0.05) is 34.1 Å². The van der Waals surface area contributed by atoms with Crippen LogP contribution < -0.4 is 9.47 Å². The quantitative estimate of drug-likeness (QED) is 0.787. The third kappa shape index (κ3) is 3.27. The number of ketones is 1. The first-order valence-corrected chi connectivity index (χ1v) is 7.69. The number of fused-ring (bicyclic) bond motifs is 1. The molecule has 21 heavy (non-hydrogen) atoms. The molecule has 0 atom stereocenters. The summed E-state index contributed by atoms with van der Waals surface area (Å²) in [7, 11) is 0. The molecule has 0 spiro atoms. The van der Waals surface area contributed by atoms with Gasteiger partial charge in [-0.2, -0.15) is 0 Å². The smallest absolute Gasteiger partial charge is 0.167 e. The van der Waals surface area contributed by atoms with Crippen molar-refractivity contribution in [3.63, 3.8) is 0 Å². The molecule has 0 bridgehead atoms. The van der Waals surface area contributed by atoms with Crippen molar-refractivity contribution in [2.45, 2.75) is 12.8 Å². The molecule has 0 unspecified atom stereocenters. The van der Waals surface area contributed by atoms with Crippen molar-refractivity contribution in [2.24, 2.45) is 0 Å². The van der Waals surface area contributed by atoms with E-state index >= 15 is 0 Å². The van der Waals surface area contributed by atoms with E-state index in [9.17, 15) is 4.79 Å². The molecule has 0 fully saturated rings. The molecule has 0 saturated carbocycles. The van der Waals surface area contributed by atoms with Crippen LogP contribution in [0.1, 0.15) is 22.3 Å². The van der Waals surface area contributed by atoms with Gasteiger partial charge in [0.1, 0.15) is 0 Å². The highest BCUT2D eigenvalue weighted by Gasteiger charge is 2.15. The lowest BCUT2D eigenvalue weighted by atomic mass is 10.0. The minimum absolute atomic E-state index is 0.0672. The molecule has 1 heterocycles. The summed E-state index contributed by atoms with van der Waals surface area (Å²) in [6.45, 7) is 1.27. The summed E-state index contributed by atoms with van der Waals surface area (Å²) in [6.07, 6.45) is 1.22. The fraction of sp³-hybridized carbons (Fsp3) is 0.235. The minimum Gasteiger partial charge on any atom is -0.490 e. The second kappa shape index (κ2) is 6.31. The van der Waals surface area contributed by atoms with Crippen LogP contribution in [0, 0.1) is 0 Å². The average molecular weight is 347 g/mol. The number of halogens is 1. The summed E-state index contributed by atoms with van der Waals surface area (Å²) >= 11 is 3.47. The lowest BCUT2D eigenvalue weighted by Gasteiger charge is -2.09. The maximum Gasteiger partial charge on any atom is 0.167 e. The van der Waals surface area contributed by atoms with Crippen molar-refractivity contribution in [1.82, 2.24) is 0 Å². The van der Waals surface area contributed by atoms with E-state index in [1.165, 1.54) is 0 Å². The first-order chi connectivity index (χ1) is 10.2. The van der Waals surface area contributed by atoms with Crippen molar-refractivity contribution < 1.29 is 14.3 Å². The van der Waals surface area contributed by atoms with Gasteiger partial charge in [0.05, 0.1) is 13.2 Å². The topological polar surface area (TPSA) is 35.5 Å². The minimum atomic E-state index is 0.0672. The van der Waals surface area contributed by atoms with Gasteiger partial charge in [0, 0.05) is 22.9 Å². The van der Waals surface area contributed by atoms with E-state index in [2.05, 4.69) is 15.9 Å². The van der Waals surface area contributed by atoms with Crippen molar-refractivity contribution in [2.75, 3.05) is 13.2 Å². The Labute approximate surface area is 132 Å². The molecule has 3 nitrogen and oxygen atoms in total. The van der Waals surface area contributed by atoms with Crippen LogP contribution in [0.3, 0.4) is 0 Å². The summed E-state index contributed by atoms with van der Waals surface area (Å²) < 4.78 is 12.2. The molecule has 2 aromatic carbocycles. The lowest BCUT2D eigenvalue weighted by molar-refractivity contribution is 0.0992. The summed E-state index contributed by atoms with van der Waals surface area (Å²) in [5.74, 6) is 1.44. The number of carbonyl (C=O) groups excluding carboxylic acids is 1. The SMILES string of the molecule is O=C(Cc1ccccc1Br)c1ccc2c(c1)OCCCO2. The molecule has 0 aromatic heterocycles. The fourth-order valence-corrected chi connectivity index (χ4v) is 2.68. The van der Waals surface area contributed by atoms with Gasteiger partial charge in [0.2, 0.25) is 0 Å². The number of rotatable bonds is 3. The Hall–Kier alpha value is -1.81. The molecular weight excluding hydrogens is 332 g/mol. The van der Waals surface area contributed by atoms with E-state index in [0.717, 1.165) is 16.5 Å². The first-order valence-electron chi connectivity index (χ1n) is 6.90. The molecule has 0 aliphatic carbocycles. The zero-order valence-corrected chi connectivity index (χ0v) is 13.1. The summed E-state index contributed by atoms with van der Waals surface area (Å²) in [4.78, 5) is 12.4. The van der Waals surface area contributed by atoms with Crippen molar-refractivity contribution >= 4 is 21.7 Å². The largest absolute Gasteiger partial charge is 0.490 e. The van der Waals surface area contributed by atoms with Crippen LogP contribution in [0.5, 0.6) is 11.5 Å². The van der Waals surface area contributed by atoms with E-state index < -0.39 is 0 Å². The zero-order chi connectivity index (χ0) is 14.7. The molecule has 2 aromatic rings. The van der Waals surface area contributed by atoms with Gasteiger partial charge < -0.3 is 9.47 Å². The van der Waals surface area contributed by atoms with Crippen LogP contribution in [0.2, 0.25) is 0 Å². The van der Waals surface area contributed by atoms with E-state index in [4.69, 9.17) is 9.47 Å². The van der Waals surface area contributed by atoms with Crippen LogP contribution in [0.4, 0.5) is 0 Å². The highest BCUT2D eigenvalue weighted by atomic mass is 79.9. The molecule has 4 heteroatoms. The third-order valence-electron chi connectivity index (χ3n) is 3.38. The van der Waals surface area contributed by atoms with Gasteiger partial charge >= 0.3 is 0 Å². The van der Waals surface area contributed by atoms with E-state index in [-0.39, 0.29) is 5.78 Å². The Kier molecular flexibility index (Phi) is 4.25. The third-order valence-corrected chi connectivity index (χ3v) is 4.15. The Bertz CT molecular complexity index is 667. The molecule has 1 aliphatic heterocycles. The van der Waals surface area contributed by atoms with Gasteiger partial charge in [-0.3, -0.25) is 4.79 Å². The van der Waals surface area contributed by atoms with Crippen LogP contribution in [-0.2, 0) is 6.42 Å². The predicted octanol–water partition coefficient (Wildman–Crippen LogP) is 4.04. The number of carbonyl (C=O) groups is 1. The molecule has 1 aliphatic rings. The van der Waals surface area contributed by atoms with Crippen LogP contribution in [0.15, 0.2) is 46.9 Å². The summed E-state index contributed by atoms with van der Waals surface area (Å²) in [6, 6.07) is 13.1. The van der Waals surface area contributed by atoms with Gasteiger partial charge in [0.15, 0.2) is 17.3 Å². The van der Waals surface area contributed by atoms with Crippen molar-refractivity contribution in [3.8, 4) is 11.5 Å². The molecule has 0 radical (unpaired) electrons. The second-order valence-electron chi connectivity index (χ2n) is 4.90. The van der Waals surface area contributed by atoms with Gasteiger partial charge in [-0.25, -0.2) is 0 Å². The summed E-state index contributed by atoms with van der Waals surface area (Å²) in [5, 5.41) is 0. The van der Waals surface area contributed by atoms with E-state index in [1.807, 2.05) is 30.3 Å². The van der Waals surface area contributed by atoms with Gasteiger partial charge in [-0.15, -0.1) is 0 Å². The number of hydrogen-bond donors (Lipinski definition) is 0. The normalized spacial score (nSPS) is 13.6. The molecule has 108 valence electrons. The highest BCUT2D eigenvalue weighted by molar-refractivity contribution is 9.10. The Morgan fingerprint density at radius 2 is 1.81 bits per heavy atom. The number of ether oxygens (including phenoxy) is 2.